The standard InChI is InChI=1S/C15H15NO2/c17-14(18)15(7-8-15)10-16-13-6-5-11-3-1-2-4-12(11)9-13/h1-6,9,16H,7-8,10H2,(H,17,18). The number of benzene rings is 2. The summed E-state index contributed by atoms with van der Waals surface area (Å²) in [5.74, 6) is -0.684. The van der Waals surface area contributed by atoms with Crippen LogP contribution in [0.2, 0.25) is 0 Å². The normalized spacial score (nSPS) is 16.4. The topological polar surface area (TPSA) is 49.3 Å². The zero-order chi connectivity index (χ0) is 12.6. The van der Waals surface area contributed by atoms with Crippen molar-refractivity contribution in [1.82, 2.24) is 0 Å². The Morgan fingerprint density at radius 3 is 2.56 bits per heavy atom. The molecule has 2 aromatic carbocycles. The van der Waals surface area contributed by atoms with E-state index < -0.39 is 11.4 Å². The molecule has 1 aliphatic carbocycles. The molecule has 0 spiro atoms. The fourth-order valence-corrected chi connectivity index (χ4v) is 2.19. The number of anilines is 1. The van der Waals surface area contributed by atoms with Gasteiger partial charge in [0.25, 0.3) is 0 Å². The van der Waals surface area contributed by atoms with Crippen LogP contribution in [0.5, 0.6) is 0 Å². The summed E-state index contributed by atoms with van der Waals surface area (Å²) in [4.78, 5) is 11.1. The lowest BCUT2D eigenvalue weighted by Gasteiger charge is -2.12. The molecule has 0 radical (unpaired) electrons. The highest BCUT2D eigenvalue weighted by Crippen LogP contribution is 2.45. The monoisotopic (exact) mass is 241 g/mol. The van der Waals surface area contributed by atoms with Crippen molar-refractivity contribution in [2.75, 3.05) is 11.9 Å². The number of nitrogens with one attached hydrogen (secondary N) is 1. The smallest absolute Gasteiger partial charge is 0.311 e. The van der Waals surface area contributed by atoms with Crippen molar-refractivity contribution in [3.05, 3.63) is 42.5 Å². The Kier molecular flexibility index (Phi) is 2.47. The van der Waals surface area contributed by atoms with Gasteiger partial charge in [-0.1, -0.05) is 30.3 Å². The molecule has 0 heterocycles. The van der Waals surface area contributed by atoms with Gasteiger partial charge < -0.3 is 10.4 Å². The number of fused-ring (bicyclic) bond motifs is 1. The molecule has 3 nitrogen and oxygen atoms in total. The van der Waals surface area contributed by atoms with Crippen molar-refractivity contribution in [2.24, 2.45) is 5.41 Å². The predicted molar refractivity (Wildman–Crippen MR) is 71.7 cm³/mol. The lowest BCUT2D eigenvalue weighted by Crippen LogP contribution is -2.24. The van der Waals surface area contributed by atoms with Crippen molar-refractivity contribution >= 4 is 22.4 Å². The van der Waals surface area contributed by atoms with Gasteiger partial charge in [-0.2, -0.15) is 0 Å². The second-order valence-corrected chi connectivity index (χ2v) is 5.00. The fourth-order valence-electron chi connectivity index (χ4n) is 2.19. The van der Waals surface area contributed by atoms with E-state index in [1.165, 1.54) is 10.8 Å². The number of hydrogen-bond donors (Lipinski definition) is 2. The summed E-state index contributed by atoms with van der Waals surface area (Å²) < 4.78 is 0. The second kappa shape index (κ2) is 4.02. The number of hydrogen-bond acceptors (Lipinski definition) is 2. The Morgan fingerprint density at radius 2 is 1.89 bits per heavy atom. The molecular weight excluding hydrogens is 226 g/mol. The minimum atomic E-state index is -0.684. The van der Waals surface area contributed by atoms with E-state index in [2.05, 4.69) is 29.6 Å². The van der Waals surface area contributed by atoms with E-state index in [1.54, 1.807) is 0 Å². The summed E-state index contributed by atoms with van der Waals surface area (Å²) in [7, 11) is 0. The Labute approximate surface area is 105 Å². The predicted octanol–water partition coefficient (Wildman–Crippen LogP) is 3.12. The SMILES string of the molecule is O=C(O)C1(CNc2ccc3ccccc3c2)CC1. The van der Waals surface area contributed by atoms with Crippen LogP contribution < -0.4 is 5.32 Å². The van der Waals surface area contributed by atoms with Crippen molar-refractivity contribution < 1.29 is 9.90 Å². The first-order chi connectivity index (χ1) is 8.70. The van der Waals surface area contributed by atoms with Crippen LogP contribution >= 0.6 is 0 Å². The minimum Gasteiger partial charge on any atom is -0.481 e. The summed E-state index contributed by atoms with van der Waals surface area (Å²) in [5, 5.41) is 14.7. The van der Waals surface area contributed by atoms with Gasteiger partial charge in [0, 0.05) is 12.2 Å². The third kappa shape index (κ3) is 1.92. The molecule has 3 rings (SSSR count). The van der Waals surface area contributed by atoms with Gasteiger partial charge in [-0.15, -0.1) is 0 Å². The first-order valence-electron chi connectivity index (χ1n) is 6.16. The van der Waals surface area contributed by atoms with Crippen molar-refractivity contribution in [3.8, 4) is 0 Å². The molecule has 0 bridgehead atoms. The quantitative estimate of drug-likeness (QED) is 0.864. The summed E-state index contributed by atoms with van der Waals surface area (Å²) in [5.41, 5.74) is 0.465. The lowest BCUT2D eigenvalue weighted by molar-refractivity contribution is -0.142. The van der Waals surface area contributed by atoms with Gasteiger partial charge in [0.05, 0.1) is 5.41 Å². The number of carboxylic acid groups (broad SMARTS) is 1. The van der Waals surface area contributed by atoms with Crippen molar-refractivity contribution in [3.63, 3.8) is 0 Å². The highest BCUT2D eigenvalue weighted by atomic mass is 16.4. The highest BCUT2D eigenvalue weighted by Gasteiger charge is 2.49. The Hall–Kier alpha value is -2.03. The molecule has 3 heteroatoms. The molecule has 2 aromatic rings. The van der Waals surface area contributed by atoms with Crippen LogP contribution in [0, 0.1) is 5.41 Å². The van der Waals surface area contributed by atoms with Gasteiger partial charge in [0.2, 0.25) is 0 Å². The van der Waals surface area contributed by atoms with Gasteiger partial charge in [-0.3, -0.25) is 4.79 Å². The summed E-state index contributed by atoms with van der Waals surface area (Å²) >= 11 is 0. The maximum absolute atomic E-state index is 11.1. The third-order valence-electron chi connectivity index (χ3n) is 3.69. The van der Waals surface area contributed by atoms with E-state index in [9.17, 15) is 4.79 Å². The summed E-state index contributed by atoms with van der Waals surface area (Å²) in [6.07, 6.45) is 1.56. The second-order valence-electron chi connectivity index (χ2n) is 5.00. The van der Waals surface area contributed by atoms with Gasteiger partial charge in [0.1, 0.15) is 0 Å². The maximum Gasteiger partial charge on any atom is 0.311 e. The number of carbonyl (C=O) groups is 1. The first-order valence-corrected chi connectivity index (χ1v) is 6.16. The van der Waals surface area contributed by atoms with Crippen LogP contribution in [0.3, 0.4) is 0 Å². The van der Waals surface area contributed by atoms with E-state index >= 15 is 0 Å². The Balaban J connectivity index is 1.77. The van der Waals surface area contributed by atoms with Gasteiger partial charge in [-0.25, -0.2) is 0 Å². The van der Waals surface area contributed by atoms with Crippen LogP contribution in [0.15, 0.2) is 42.5 Å². The summed E-state index contributed by atoms with van der Waals surface area (Å²) in [6.45, 7) is 0.515. The van der Waals surface area contributed by atoms with E-state index in [0.29, 0.717) is 6.54 Å². The van der Waals surface area contributed by atoms with Crippen molar-refractivity contribution in [1.29, 1.82) is 0 Å². The minimum absolute atomic E-state index is 0.515. The maximum atomic E-state index is 11.1. The third-order valence-corrected chi connectivity index (χ3v) is 3.69. The first kappa shape index (κ1) is 11.1. The van der Waals surface area contributed by atoms with E-state index in [-0.39, 0.29) is 0 Å². The largest absolute Gasteiger partial charge is 0.481 e. The molecule has 2 N–H and O–H groups in total. The zero-order valence-corrected chi connectivity index (χ0v) is 10.0. The Bertz CT molecular complexity index is 602. The van der Waals surface area contributed by atoms with Crippen LogP contribution in [0.25, 0.3) is 10.8 Å². The van der Waals surface area contributed by atoms with E-state index in [4.69, 9.17) is 5.11 Å². The zero-order valence-electron chi connectivity index (χ0n) is 10.0. The fraction of sp³-hybridized carbons (Fsp3) is 0.267. The molecule has 1 aliphatic rings. The molecule has 0 saturated heterocycles. The molecule has 0 atom stereocenters. The van der Waals surface area contributed by atoms with Crippen LogP contribution in [-0.2, 0) is 4.79 Å². The lowest BCUT2D eigenvalue weighted by atomic mass is 10.1. The molecule has 0 amide bonds. The molecule has 0 unspecified atom stereocenters. The average molecular weight is 241 g/mol. The molecule has 18 heavy (non-hydrogen) atoms. The molecule has 1 saturated carbocycles. The molecular formula is C15H15NO2. The number of aliphatic carboxylic acids is 1. The molecule has 92 valence electrons. The summed E-state index contributed by atoms with van der Waals surface area (Å²) in [6, 6.07) is 14.3. The van der Waals surface area contributed by atoms with Gasteiger partial charge in [0.15, 0.2) is 0 Å². The highest BCUT2D eigenvalue weighted by molar-refractivity contribution is 5.86. The van der Waals surface area contributed by atoms with Crippen LogP contribution in [-0.4, -0.2) is 17.6 Å². The number of rotatable bonds is 4. The van der Waals surface area contributed by atoms with Gasteiger partial charge in [-0.05, 0) is 35.7 Å². The molecule has 1 fully saturated rings. The average Bonchev–Trinajstić information content (AvgIpc) is 3.17. The van der Waals surface area contributed by atoms with Crippen LogP contribution in [0.4, 0.5) is 5.69 Å². The van der Waals surface area contributed by atoms with E-state index in [1.807, 2.05) is 18.2 Å². The van der Waals surface area contributed by atoms with Crippen LogP contribution in [0.1, 0.15) is 12.8 Å². The number of carboxylic acids is 1. The van der Waals surface area contributed by atoms with Gasteiger partial charge >= 0.3 is 5.97 Å². The molecule has 0 aromatic heterocycles. The van der Waals surface area contributed by atoms with E-state index in [0.717, 1.165) is 18.5 Å². The van der Waals surface area contributed by atoms with Crippen molar-refractivity contribution in [2.45, 2.75) is 12.8 Å². The molecule has 0 aliphatic heterocycles. The Morgan fingerprint density at radius 1 is 1.17 bits per heavy atom.